The molecule has 0 spiro atoms. The summed E-state index contributed by atoms with van der Waals surface area (Å²) in [6, 6.07) is 12.9. The summed E-state index contributed by atoms with van der Waals surface area (Å²) in [7, 11) is 1.37. The second-order valence-corrected chi connectivity index (χ2v) is 6.86. The fourth-order valence-electron chi connectivity index (χ4n) is 3.46. The van der Waals surface area contributed by atoms with Gasteiger partial charge in [-0.15, -0.1) is 0 Å². The third-order valence-electron chi connectivity index (χ3n) is 5.08. The van der Waals surface area contributed by atoms with Gasteiger partial charge in [-0.3, -0.25) is 0 Å². The number of urea groups is 1. The molecule has 0 atom stereocenters. The first-order valence-corrected chi connectivity index (χ1v) is 9.48. The molecule has 2 aliphatic rings. The van der Waals surface area contributed by atoms with Crippen LogP contribution in [0.2, 0.25) is 0 Å². The SMILES string of the molecule is COC(=O)c1cccc(N2CCN(C(=O)NCc3ccc4c(c3)OCO4)CC2)c1. The van der Waals surface area contributed by atoms with E-state index >= 15 is 0 Å². The molecule has 4 rings (SSSR count). The highest BCUT2D eigenvalue weighted by molar-refractivity contribution is 5.90. The highest BCUT2D eigenvalue weighted by atomic mass is 16.7. The van der Waals surface area contributed by atoms with Crippen LogP contribution < -0.4 is 19.7 Å². The van der Waals surface area contributed by atoms with Crippen LogP contribution in [-0.4, -0.2) is 57.0 Å². The molecule has 2 aliphatic heterocycles. The molecule has 1 N–H and O–H groups in total. The number of carbonyl (C=O) groups is 2. The Kier molecular flexibility index (Phi) is 5.41. The Morgan fingerprint density at radius 1 is 1.03 bits per heavy atom. The van der Waals surface area contributed by atoms with Crippen LogP contribution in [0.25, 0.3) is 0 Å². The predicted molar refractivity (Wildman–Crippen MR) is 106 cm³/mol. The van der Waals surface area contributed by atoms with Gasteiger partial charge in [-0.25, -0.2) is 9.59 Å². The van der Waals surface area contributed by atoms with E-state index in [1.54, 1.807) is 11.0 Å². The second-order valence-electron chi connectivity index (χ2n) is 6.86. The zero-order valence-corrected chi connectivity index (χ0v) is 16.2. The summed E-state index contributed by atoms with van der Waals surface area (Å²) >= 11 is 0. The first-order chi connectivity index (χ1) is 14.1. The molecule has 2 heterocycles. The van der Waals surface area contributed by atoms with Crippen LogP contribution in [0.4, 0.5) is 10.5 Å². The summed E-state index contributed by atoms with van der Waals surface area (Å²) in [5.74, 6) is 1.08. The van der Waals surface area contributed by atoms with Gasteiger partial charge in [0.2, 0.25) is 6.79 Å². The lowest BCUT2D eigenvalue weighted by atomic mass is 10.1. The van der Waals surface area contributed by atoms with E-state index in [0.717, 1.165) is 17.0 Å². The standard InChI is InChI=1S/C21H23N3O5/c1-27-20(25)16-3-2-4-17(12-16)23-7-9-24(10-8-23)21(26)22-13-15-5-6-18-19(11-15)29-14-28-18/h2-6,11-12H,7-10,13-14H2,1H3,(H,22,26). The maximum atomic E-state index is 12.5. The van der Waals surface area contributed by atoms with Crippen LogP contribution in [0.3, 0.4) is 0 Å². The highest BCUT2D eigenvalue weighted by Crippen LogP contribution is 2.32. The van der Waals surface area contributed by atoms with Crippen LogP contribution in [0.5, 0.6) is 11.5 Å². The summed E-state index contributed by atoms with van der Waals surface area (Å²) in [6.07, 6.45) is 0. The first kappa shape index (κ1) is 18.9. The van der Waals surface area contributed by atoms with Crippen LogP contribution >= 0.6 is 0 Å². The van der Waals surface area contributed by atoms with Crippen molar-refractivity contribution in [3.63, 3.8) is 0 Å². The monoisotopic (exact) mass is 397 g/mol. The van der Waals surface area contributed by atoms with E-state index in [-0.39, 0.29) is 18.8 Å². The second kappa shape index (κ2) is 8.30. The summed E-state index contributed by atoms with van der Waals surface area (Å²) < 4.78 is 15.4. The van der Waals surface area contributed by atoms with Gasteiger partial charge in [0.1, 0.15) is 0 Å². The molecular weight excluding hydrogens is 374 g/mol. The molecule has 0 saturated carbocycles. The molecular formula is C21H23N3O5. The summed E-state index contributed by atoms with van der Waals surface area (Å²) in [5, 5.41) is 2.96. The van der Waals surface area contributed by atoms with Gasteiger partial charge in [-0.2, -0.15) is 0 Å². The summed E-state index contributed by atoms with van der Waals surface area (Å²) in [5.41, 5.74) is 2.43. The van der Waals surface area contributed by atoms with Crippen molar-refractivity contribution in [2.24, 2.45) is 0 Å². The predicted octanol–water partition coefficient (Wildman–Crippen LogP) is 2.23. The molecule has 0 bridgehead atoms. The van der Waals surface area contributed by atoms with E-state index in [9.17, 15) is 9.59 Å². The number of carbonyl (C=O) groups excluding carboxylic acids is 2. The largest absolute Gasteiger partial charge is 0.465 e. The number of rotatable bonds is 4. The number of benzene rings is 2. The van der Waals surface area contributed by atoms with Crippen LogP contribution in [0, 0.1) is 0 Å². The van der Waals surface area contributed by atoms with Crippen molar-refractivity contribution in [2.45, 2.75) is 6.54 Å². The summed E-state index contributed by atoms with van der Waals surface area (Å²) in [6.45, 7) is 3.27. The molecule has 0 aliphatic carbocycles. The Labute approximate surface area is 168 Å². The lowest BCUT2D eigenvalue weighted by molar-refractivity contribution is 0.0600. The molecule has 8 nitrogen and oxygen atoms in total. The van der Waals surface area contributed by atoms with Gasteiger partial charge >= 0.3 is 12.0 Å². The molecule has 152 valence electrons. The van der Waals surface area contributed by atoms with Gasteiger partial charge in [0.25, 0.3) is 0 Å². The molecule has 1 saturated heterocycles. The third-order valence-corrected chi connectivity index (χ3v) is 5.08. The van der Waals surface area contributed by atoms with Crippen LogP contribution in [0.1, 0.15) is 15.9 Å². The number of methoxy groups -OCH3 is 1. The smallest absolute Gasteiger partial charge is 0.337 e. The molecule has 2 amide bonds. The number of ether oxygens (including phenoxy) is 3. The topological polar surface area (TPSA) is 80.3 Å². The van der Waals surface area contributed by atoms with E-state index in [0.29, 0.717) is 44.0 Å². The fourth-order valence-corrected chi connectivity index (χ4v) is 3.46. The average Bonchev–Trinajstić information content (AvgIpc) is 3.25. The van der Waals surface area contributed by atoms with Gasteiger partial charge < -0.3 is 29.3 Å². The molecule has 0 aromatic heterocycles. The molecule has 0 radical (unpaired) electrons. The molecule has 8 heteroatoms. The maximum Gasteiger partial charge on any atom is 0.337 e. The zero-order valence-electron chi connectivity index (χ0n) is 16.2. The Balaban J connectivity index is 1.29. The number of fused-ring (bicyclic) bond motifs is 1. The lowest BCUT2D eigenvalue weighted by Gasteiger charge is -2.36. The molecule has 29 heavy (non-hydrogen) atoms. The van der Waals surface area contributed by atoms with Crippen molar-refractivity contribution in [1.82, 2.24) is 10.2 Å². The minimum Gasteiger partial charge on any atom is -0.465 e. The average molecular weight is 397 g/mol. The zero-order chi connectivity index (χ0) is 20.2. The van der Waals surface area contributed by atoms with Gasteiger partial charge in [-0.05, 0) is 35.9 Å². The van der Waals surface area contributed by atoms with Gasteiger partial charge in [0.15, 0.2) is 11.5 Å². The van der Waals surface area contributed by atoms with Crippen molar-refractivity contribution in [2.75, 3.05) is 45.0 Å². The molecule has 0 unspecified atom stereocenters. The van der Waals surface area contributed by atoms with Crippen molar-refractivity contribution < 1.29 is 23.8 Å². The van der Waals surface area contributed by atoms with Crippen molar-refractivity contribution in [1.29, 1.82) is 0 Å². The normalized spacial score (nSPS) is 15.2. The van der Waals surface area contributed by atoms with E-state index in [2.05, 4.69) is 10.2 Å². The fraction of sp³-hybridized carbons (Fsp3) is 0.333. The number of esters is 1. The lowest BCUT2D eigenvalue weighted by Crippen LogP contribution is -2.51. The van der Waals surface area contributed by atoms with Gasteiger partial charge in [0.05, 0.1) is 12.7 Å². The highest BCUT2D eigenvalue weighted by Gasteiger charge is 2.22. The Morgan fingerprint density at radius 2 is 1.83 bits per heavy atom. The number of nitrogens with zero attached hydrogens (tertiary/aromatic N) is 2. The minimum atomic E-state index is -0.353. The van der Waals surface area contributed by atoms with E-state index in [4.69, 9.17) is 14.2 Å². The van der Waals surface area contributed by atoms with Crippen molar-refractivity contribution >= 4 is 17.7 Å². The van der Waals surface area contributed by atoms with Gasteiger partial charge in [-0.1, -0.05) is 12.1 Å². The van der Waals surface area contributed by atoms with Crippen LogP contribution in [0.15, 0.2) is 42.5 Å². The number of hydrogen-bond donors (Lipinski definition) is 1. The van der Waals surface area contributed by atoms with E-state index in [1.807, 2.05) is 36.4 Å². The Hall–Kier alpha value is -3.42. The van der Waals surface area contributed by atoms with Crippen LogP contribution in [-0.2, 0) is 11.3 Å². The number of hydrogen-bond acceptors (Lipinski definition) is 6. The third kappa shape index (κ3) is 4.21. The molecule has 1 fully saturated rings. The Morgan fingerprint density at radius 3 is 2.62 bits per heavy atom. The van der Waals surface area contributed by atoms with Gasteiger partial charge in [0, 0.05) is 38.4 Å². The quantitative estimate of drug-likeness (QED) is 0.797. The minimum absolute atomic E-state index is 0.0920. The Bertz CT molecular complexity index is 909. The first-order valence-electron chi connectivity index (χ1n) is 9.48. The molecule has 2 aromatic rings. The number of nitrogens with one attached hydrogen (secondary N) is 1. The molecule has 2 aromatic carbocycles. The van der Waals surface area contributed by atoms with E-state index < -0.39 is 0 Å². The van der Waals surface area contributed by atoms with E-state index in [1.165, 1.54) is 7.11 Å². The maximum absolute atomic E-state index is 12.5. The summed E-state index contributed by atoms with van der Waals surface area (Å²) in [4.78, 5) is 28.2. The number of anilines is 1. The van der Waals surface area contributed by atoms with Crippen molar-refractivity contribution in [3.8, 4) is 11.5 Å². The number of piperazine rings is 1. The van der Waals surface area contributed by atoms with Crippen molar-refractivity contribution in [3.05, 3.63) is 53.6 Å². The number of amides is 2.